The number of carbonyl (C=O) groups is 4. The number of nitrogens with zero attached hydrogens (tertiary/aromatic N) is 1. The number of amides is 2. The van der Waals surface area contributed by atoms with E-state index < -0.39 is 35.4 Å². The van der Waals surface area contributed by atoms with Crippen molar-refractivity contribution in [3.63, 3.8) is 0 Å². The van der Waals surface area contributed by atoms with Crippen LogP contribution >= 0.6 is 0 Å². The van der Waals surface area contributed by atoms with Crippen LogP contribution in [-0.2, 0) is 4.79 Å². The van der Waals surface area contributed by atoms with Crippen molar-refractivity contribution in [2.75, 3.05) is 12.4 Å². The van der Waals surface area contributed by atoms with Gasteiger partial charge < -0.3 is 36.7 Å². The third-order valence-corrected chi connectivity index (χ3v) is 6.01. The lowest BCUT2D eigenvalue weighted by molar-refractivity contribution is -0.111. The maximum Gasteiger partial charge on any atom is 0.336 e. The van der Waals surface area contributed by atoms with Crippen molar-refractivity contribution in [2.24, 2.45) is 16.9 Å². The van der Waals surface area contributed by atoms with Crippen LogP contribution in [0.3, 0.4) is 0 Å². The predicted octanol–water partition coefficient (Wildman–Crippen LogP) is 2.97. The van der Waals surface area contributed by atoms with Crippen molar-refractivity contribution in [3.8, 4) is 17.0 Å². The Morgan fingerprint density at radius 2 is 1.62 bits per heavy atom. The van der Waals surface area contributed by atoms with Crippen LogP contribution in [0.15, 0.2) is 54.6 Å². The number of rotatable bonds is 9. The molecule has 7 N–H and O–H groups in total. The Hall–Kier alpha value is -4.61. The van der Waals surface area contributed by atoms with Crippen LogP contribution < -0.4 is 26.8 Å². The Morgan fingerprint density at radius 3 is 2.15 bits per heavy atom. The summed E-state index contributed by atoms with van der Waals surface area (Å²) in [7, 11) is 1.39. The molecule has 0 saturated carbocycles. The van der Waals surface area contributed by atoms with E-state index in [-0.39, 0.29) is 33.8 Å². The fraction of sp³-hybridized carbons (Fsp3) is 0.250. The molecule has 3 rings (SSSR count). The maximum atomic E-state index is 13.3. The van der Waals surface area contributed by atoms with Crippen molar-refractivity contribution in [2.45, 2.75) is 33.0 Å². The van der Waals surface area contributed by atoms with E-state index in [1.54, 1.807) is 45.0 Å². The van der Waals surface area contributed by atoms with Crippen molar-refractivity contribution in [1.82, 2.24) is 10.3 Å². The van der Waals surface area contributed by atoms with Gasteiger partial charge in [0.25, 0.3) is 11.8 Å². The zero-order valence-corrected chi connectivity index (χ0v) is 22.0. The highest BCUT2D eigenvalue weighted by molar-refractivity contribution is 6.10. The molecule has 2 aromatic carbocycles. The minimum absolute atomic E-state index is 0.0397. The topological polar surface area (TPSA) is 187 Å². The Bertz CT molecular complexity index is 1400. The van der Waals surface area contributed by atoms with E-state index in [2.05, 4.69) is 15.6 Å². The number of hydrogen-bond donors (Lipinski definition) is 5. The number of aromatic carboxylic acids is 1. The molecule has 0 aliphatic rings. The molecule has 0 radical (unpaired) electrons. The highest BCUT2D eigenvalue weighted by Gasteiger charge is 2.27. The van der Waals surface area contributed by atoms with Gasteiger partial charge in [0.1, 0.15) is 12.0 Å². The summed E-state index contributed by atoms with van der Waals surface area (Å²) in [5.74, 6) is -2.41. The Morgan fingerprint density at radius 1 is 0.974 bits per heavy atom. The number of nitrogens with one attached hydrogen (secondary N) is 2. The molecule has 204 valence electrons. The number of hydrogen-bond acceptors (Lipinski definition) is 8. The lowest BCUT2D eigenvalue weighted by Crippen LogP contribution is -2.44. The third kappa shape index (κ3) is 6.83. The number of ether oxygens (including phenoxy) is 1. The highest BCUT2D eigenvalue weighted by atomic mass is 16.5. The minimum Gasteiger partial charge on any atom is -0.481 e. The third-order valence-electron chi connectivity index (χ3n) is 6.01. The van der Waals surface area contributed by atoms with Crippen LogP contribution in [0.1, 0.15) is 63.7 Å². The molecule has 3 aromatic rings. The van der Waals surface area contributed by atoms with Gasteiger partial charge in [-0.15, -0.1) is 0 Å². The molecule has 1 atom stereocenters. The molecule has 0 bridgehead atoms. The predicted molar refractivity (Wildman–Crippen MR) is 145 cm³/mol. The fourth-order valence-corrected chi connectivity index (χ4v) is 3.70. The van der Waals surface area contributed by atoms with Crippen molar-refractivity contribution in [1.29, 1.82) is 0 Å². The smallest absolute Gasteiger partial charge is 0.336 e. The summed E-state index contributed by atoms with van der Waals surface area (Å²) in [6.07, 6.45) is -0.0327. The molecule has 11 heteroatoms. The summed E-state index contributed by atoms with van der Waals surface area (Å²) in [5.41, 5.74) is 12.0. The number of carboxylic acids is 1. The van der Waals surface area contributed by atoms with Gasteiger partial charge >= 0.3 is 5.97 Å². The Balaban J connectivity index is 2.02. The standard InChI is InChI=1S/C28H31N5O6/c1-28(2,3)21(14-34)32-25(35)16-7-10-18(20(13-16)27(37)38)19-11-12-22(39-4)33-23(19)26(36)31-17-8-5-15(6-9-17)24(29)30/h5-14,21,24H,29-30H2,1-4H3,(H,31,36)(H,32,35)(H,37,38). The molecule has 11 nitrogen and oxygen atoms in total. The zero-order chi connectivity index (χ0) is 28.9. The summed E-state index contributed by atoms with van der Waals surface area (Å²) in [6.45, 7) is 5.38. The maximum absolute atomic E-state index is 13.3. The normalized spacial score (nSPS) is 12.0. The first-order valence-corrected chi connectivity index (χ1v) is 12.0. The summed E-state index contributed by atoms with van der Waals surface area (Å²) in [4.78, 5) is 54.1. The molecular formula is C28H31N5O6. The Kier molecular flexibility index (Phi) is 8.79. The van der Waals surface area contributed by atoms with Crippen LogP contribution in [0.2, 0.25) is 0 Å². The molecule has 1 unspecified atom stereocenters. The van der Waals surface area contributed by atoms with Crippen LogP contribution in [0, 0.1) is 5.41 Å². The largest absolute Gasteiger partial charge is 0.481 e. The van der Waals surface area contributed by atoms with Crippen LogP contribution in [-0.4, -0.2) is 47.3 Å². The van der Waals surface area contributed by atoms with Gasteiger partial charge in [-0.1, -0.05) is 39.0 Å². The fourth-order valence-electron chi connectivity index (χ4n) is 3.70. The summed E-state index contributed by atoms with van der Waals surface area (Å²) in [5, 5.41) is 15.3. The number of carboxylic acid groups (broad SMARTS) is 1. The highest BCUT2D eigenvalue weighted by Crippen LogP contribution is 2.30. The van der Waals surface area contributed by atoms with Crippen LogP contribution in [0.25, 0.3) is 11.1 Å². The van der Waals surface area contributed by atoms with E-state index in [0.717, 1.165) is 0 Å². The second-order valence-electron chi connectivity index (χ2n) is 9.87. The van der Waals surface area contributed by atoms with E-state index in [1.807, 2.05) is 0 Å². The lowest BCUT2D eigenvalue weighted by atomic mass is 9.87. The first-order valence-electron chi connectivity index (χ1n) is 12.0. The van der Waals surface area contributed by atoms with Crippen LogP contribution in [0.5, 0.6) is 5.88 Å². The van der Waals surface area contributed by atoms with Gasteiger partial charge in [0.05, 0.1) is 24.9 Å². The van der Waals surface area contributed by atoms with Crippen molar-refractivity contribution in [3.05, 3.63) is 77.0 Å². The van der Waals surface area contributed by atoms with Gasteiger partial charge in [0.2, 0.25) is 5.88 Å². The lowest BCUT2D eigenvalue weighted by Gasteiger charge is -2.26. The number of benzene rings is 2. The van der Waals surface area contributed by atoms with E-state index in [9.17, 15) is 24.3 Å². The van der Waals surface area contributed by atoms with E-state index in [1.165, 1.54) is 37.4 Å². The van der Waals surface area contributed by atoms with Crippen molar-refractivity contribution >= 4 is 29.8 Å². The van der Waals surface area contributed by atoms with Gasteiger partial charge in [0, 0.05) is 22.9 Å². The van der Waals surface area contributed by atoms with Crippen molar-refractivity contribution < 1.29 is 29.0 Å². The van der Waals surface area contributed by atoms with Crippen LogP contribution in [0.4, 0.5) is 5.69 Å². The molecule has 39 heavy (non-hydrogen) atoms. The van der Waals surface area contributed by atoms with Gasteiger partial charge in [-0.25, -0.2) is 9.78 Å². The second-order valence-corrected chi connectivity index (χ2v) is 9.87. The number of methoxy groups -OCH3 is 1. The van der Waals surface area contributed by atoms with Gasteiger partial charge in [0.15, 0.2) is 0 Å². The average Bonchev–Trinajstić information content (AvgIpc) is 2.90. The van der Waals surface area contributed by atoms with E-state index in [4.69, 9.17) is 16.2 Å². The summed E-state index contributed by atoms with van der Waals surface area (Å²) >= 11 is 0. The molecule has 0 aliphatic heterocycles. The number of aromatic nitrogens is 1. The molecule has 1 aromatic heterocycles. The van der Waals surface area contributed by atoms with Gasteiger partial charge in [-0.05, 0) is 46.9 Å². The number of aldehydes is 1. The van der Waals surface area contributed by atoms with E-state index in [0.29, 0.717) is 17.5 Å². The van der Waals surface area contributed by atoms with Gasteiger partial charge in [-0.3, -0.25) is 9.59 Å². The molecule has 1 heterocycles. The molecule has 2 amide bonds. The summed E-state index contributed by atoms with van der Waals surface area (Å²) < 4.78 is 5.17. The monoisotopic (exact) mass is 533 g/mol. The second kappa shape index (κ2) is 11.8. The average molecular weight is 534 g/mol. The number of carbonyl (C=O) groups excluding carboxylic acids is 3. The van der Waals surface area contributed by atoms with Gasteiger partial charge in [-0.2, -0.15) is 0 Å². The summed E-state index contributed by atoms with van der Waals surface area (Å²) in [6, 6.07) is 12.8. The molecule has 0 aliphatic carbocycles. The first kappa shape index (κ1) is 29.0. The Labute approximate surface area is 225 Å². The molecular weight excluding hydrogens is 502 g/mol. The first-order chi connectivity index (χ1) is 18.3. The number of nitrogens with two attached hydrogens (primary N) is 2. The number of pyridine rings is 1. The zero-order valence-electron chi connectivity index (χ0n) is 22.0. The quantitative estimate of drug-likeness (QED) is 0.203. The SMILES string of the molecule is COc1ccc(-c2ccc(C(=O)NC(C=O)C(C)(C)C)cc2C(=O)O)c(C(=O)Nc2ccc(C(N)N)cc2)n1. The molecule has 0 spiro atoms. The number of anilines is 1. The molecule has 0 saturated heterocycles. The minimum atomic E-state index is -1.32. The van der Waals surface area contributed by atoms with E-state index >= 15 is 0 Å². The molecule has 0 fully saturated rings.